The highest BCUT2D eigenvalue weighted by Crippen LogP contribution is 2.24. The summed E-state index contributed by atoms with van der Waals surface area (Å²) in [7, 11) is -4.52. The predicted octanol–water partition coefficient (Wildman–Crippen LogP) is 2.17. The largest absolute Gasteiger partial charge is 0.356 e. The quantitative estimate of drug-likeness (QED) is 0.292. The minimum absolute atomic E-state index is 0.208. The van der Waals surface area contributed by atoms with E-state index in [1.54, 1.807) is 11.8 Å². The molecule has 1 rings (SSSR count). The van der Waals surface area contributed by atoms with Crippen LogP contribution in [0.5, 0.6) is 0 Å². The molecule has 120 valence electrons. The molecule has 1 aliphatic rings. The van der Waals surface area contributed by atoms with Gasteiger partial charge < -0.3 is 9.47 Å². The molecule has 0 aliphatic carbocycles. The van der Waals surface area contributed by atoms with E-state index in [1.807, 2.05) is 0 Å². The lowest BCUT2D eigenvalue weighted by Gasteiger charge is -2.30. The smallest absolute Gasteiger partial charge is 0.264 e. The summed E-state index contributed by atoms with van der Waals surface area (Å²) in [6.45, 7) is 7.80. The van der Waals surface area contributed by atoms with Crippen LogP contribution in [0.4, 0.5) is 0 Å². The van der Waals surface area contributed by atoms with Crippen molar-refractivity contribution >= 4 is 30.0 Å². The molecule has 0 radical (unpaired) electrons. The topological polar surface area (TPSA) is 61.8 Å². The fraction of sp³-hybridized carbons (Fsp3) is 1.00. The van der Waals surface area contributed by atoms with E-state index >= 15 is 0 Å². The van der Waals surface area contributed by atoms with E-state index in [4.69, 9.17) is 13.7 Å². The third-order valence-electron chi connectivity index (χ3n) is 2.90. The Balaban J connectivity index is 2.29. The molecule has 0 aromatic heterocycles. The number of ether oxygens (including phenoxy) is 2. The Kier molecular flexibility index (Phi) is 7.51. The third kappa shape index (κ3) is 8.63. The van der Waals surface area contributed by atoms with Gasteiger partial charge in [-0.3, -0.25) is 4.18 Å². The zero-order chi connectivity index (χ0) is 15.2. The molecule has 1 fully saturated rings. The van der Waals surface area contributed by atoms with Crippen LogP contribution in [0.1, 0.15) is 6.42 Å². The fourth-order valence-corrected chi connectivity index (χ4v) is 4.29. The summed E-state index contributed by atoms with van der Waals surface area (Å²) >= 11 is 1.75. The second-order valence-electron chi connectivity index (χ2n) is 6.24. The van der Waals surface area contributed by atoms with Crippen LogP contribution in [0.3, 0.4) is 0 Å². The summed E-state index contributed by atoms with van der Waals surface area (Å²) in [5.74, 6) is 1.65. The van der Waals surface area contributed by atoms with E-state index in [2.05, 4.69) is 19.6 Å². The monoisotopic (exact) mass is 342 g/mol. The van der Waals surface area contributed by atoms with Gasteiger partial charge in [-0.15, -0.1) is 0 Å². The van der Waals surface area contributed by atoms with E-state index in [0.29, 0.717) is 13.0 Å². The molecular weight excluding hydrogens is 316 g/mol. The molecule has 0 bridgehead atoms. The molecule has 0 saturated carbocycles. The molecule has 0 aromatic carbocycles. The maximum Gasteiger partial charge on any atom is 0.264 e. The highest BCUT2D eigenvalue weighted by Gasteiger charge is 2.30. The molecule has 5 nitrogen and oxygen atoms in total. The number of hydrogen-bond acceptors (Lipinski definition) is 6. The van der Waals surface area contributed by atoms with Crippen LogP contribution in [-0.4, -0.2) is 59.9 Å². The Bertz CT molecular complexity index is 380. The molecular formula is C12H26O5S2Si. The van der Waals surface area contributed by atoms with Gasteiger partial charge in [-0.2, -0.15) is 20.2 Å². The van der Waals surface area contributed by atoms with Gasteiger partial charge in [0, 0.05) is 20.4 Å². The molecule has 0 spiro atoms. The first-order chi connectivity index (χ1) is 9.17. The lowest BCUT2D eigenvalue weighted by atomic mass is 10.2. The second kappa shape index (κ2) is 8.14. The summed E-state index contributed by atoms with van der Waals surface area (Å²) < 4.78 is 38.7. The Morgan fingerprint density at radius 2 is 1.95 bits per heavy atom. The van der Waals surface area contributed by atoms with Crippen LogP contribution in [0.25, 0.3) is 0 Å². The van der Waals surface area contributed by atoms with Crippen molar-refractivity contribution < 1.29 is 22.1 Å². The first-order valence-corrected chi connectivity index (χ1v) is 13.5. The van der Waals surface area contributed by atoms with Crippen molar-refractivity contribution in [3.8, 4) is 0 Å². The van der Waals surface area contributed by atoms with Gasteiger partial charge in [-0.1, -0.05) is 19.6 Å². The number of rotatable bonds is 8. The van der Waals surface area contributed by atoms with Crippen molar-refractivity contribution in [1.29, 1.82) is 0 Å². The Morgan fingerprint density at radius 3 is 2.55 bits per heavy atom. The third-order valence-corrected chi connectivity index (χ3v) is 6.29. The maximum absolute atomic E-state index is 11.2. The van der Waals surface area contributed by atoms with Crippen molar-refractivity contribution in [2.75, 3.05) is 31.2 Å². The van der Waals surface area contributed by atoms with Crippen molar-refractivity contribution in [2.24, 2.45) is 0 Å². The molecule has 8 heteroatoms. The summed E-state index contributed by atoms with van der Waals surface area (Å²) in [6, 6.07) is 1.10. The van der Waals surface area contributed by atoms with Crippen LogP contribution in [0, 0.1) is 0 Å². The summed E-state index contributed by atoms with van der Waals surface area (Å²) in [6.07, 6.45) is 1.18. The number of thioether (sulfide) groups is 1. The van der Waals surface area contributed by atoms with Gasteiger partial charge in [-0.25, -0.2) is 0 Å². The van der Waals surface area contributed by atoms with E-state index < -0.39 is 18.2 Å². The molecule has 0 amide bonds. The van der Waals surface area contributed by atoms with E-state index in [9.17, 15) is 8.42 Å². The van der Waals surface area contributed by atoms with Crippen LogP contribution < -0.4 is 0 Å². The lowest BCUT2D eigenvalue weighted by Crippen LogP contribution is -2.39. The van der Waals surface area contributed by atoms with Gasteiger partial charge in [0.1, 0.15) is 12.9 Å². The van der Waals surface area contributed by atoms with Gasteiger partial charge in [-0.05, 0) is 18.2 Å². The van der Waals surface area contributed by atoms with E-state index in [-0.39, 0.29) is 19.0 Å². The van der Waals surface area contributed by atoms with Crippen LogP contribution in [0.2, 0.25) is 25.7 Å². The molecule has 0 N–H and O–H groups in total. The zero-order valence-corrected chi connectivity index (χ0v) is 15.4. The minimum Gasteiger partial charge on any atom is -0.356 e. The zero-order valence-electron chi connectivity index (χ0n) is 12.8. The standard InChI is InChI=1S/C12H26O5S2Si/c1-19(13,14)17-11-5-7-18-9-12(11)16-10-15-6-8-20(2,3)4/h11-12H,5-10H2,1-4H3/t11-,12+/m0/s1. The highest BCUT2D eigenvalue weighted by atomic mass is 32.2. The van der Waals surface area contributed by atoms with Crippen molar-refractivity contribution in [3.63, 3.8) is 0 Å². The highest BCUT2D eigenvalue weighted by molar-refractivity contribution is 7.99. The van der Waals surface area contributed by atoms with Crippen molar-refractivity contribution in [1.82, 2.24) is 0 Å². The number of hydrogen-bond donors (Lipinski definition) is 0. The van der Waals surface area contributed by atoms with E-state index in [1.165, 1.54) is 0 Å². The van der Waals surface area contributed by atoms with Gasteiger partial charge >= 0.3 is 0 Å². The van der Waals surface area contributed by atoms with Crippen LogP contribution in [0.15, 0.2) is 0 Å². The normalized spacial score (nSPS) is 24.8. The molecule has 0 unspecified atom stereocenters. The van der Waals surface area contributed by atoms with Gasteiger partial charge in [0.25, 0.3) is 10.1 Å². The summed E-state index contributed by atoms with van der Waals surface area (Å²) in [5, 5.41) is 0. The maximum atomic E-state index is 11.2. The van der Waals surface area contributed by atoms with Gasteiger partial charge in [0.2, 0.25) is 0 Å². The lowest BCUT2D eigenvalue weighted by molar-refractivity contribution is -0.108. The van der Waals surface area contributed by atoms with Gasteiger partial charge in [0.15, 0.2) is 0 Å². The fourth-order valence-electron chi connectivity index (χ4n) is 1.76. The average molecular weight is 343 g/mol. The van der Waals surface area contributed by atoms with Crippen LogP contribution in [-0.2, 0) is 23.8 Å². The van der Waals surface area contributed by atoms with Gasteiger partial charge in [0.05, 0.1) is 12.4 Å². The molecule has 2 atom stereocenters. The Morgan fingerprint density at radius 1 is 1.25 bits per heavy atom. The Labute approximate surface area is 127 Å². The van der Waals surface area contributed by atoms with E-state index in [0.717, 1.165) is 23.8 Å². The predicted molar refractivity (Wildman–Crippen MR) is 85.5 cm³/mol. The Hall–Kier alpha value is 0.397. The molecule has 1 aliphatic heterocycles. The van der Waals surface area contributed by atoms with Crippen LogP contribution >= 0.6 is 11.8 Å². The minimum atomic E-state index is -3.44. The average Bonchev–Trinajstić information content (AvgIpc) is 2.27. The molecule has 0 aromatic rings. The first kappa shape index (κ1) is 18.4. The SMILES string of the molecule is C[Si](C)(C)CCOCO[C@@H]1CSCC[C@@H]1OS(C)(=O)=O. The molecule has 1 saturated heterocycles. The van der Waals surface area contributed by atoms with Crippen molar-refractivity contribution in [3.05, 3.63) is 0 Å². The summed E-state index contributed by atoms with van der Waals surface area (Å²) in [5.41, 5.74) is 0. The molecule has 20 heavy (non-hydrogen) atoms. The first-order valence-electron chi connectivity index (χ1n) is 6.83. The summed E-state index contributed by atoms with van der Waals surface area (Å²) in [4.78, 5) is 0. The van der Waals surface area contributed by atoms with Crippen molar-refractivity contribution in [2.45, 2.75) is 44.3 Å². The second-order valence-corrected chi connectivity index (χ2v) is 14.6. The molecule has 1 heterocycles.